The van der Waals surface area contributed by atoms with Gasteiger partial charge in [-0.05, 0) is 36.6 Å². The quantitative estimate of drug-likeness (QED) is 0.772. The second-order valence-electron chi connectivity index (χ2n) is 5.84. The molecule has 1 aliphatic rings. The normalized spacial score (nSPS) is 19.3. The van der Waals surface area contributed by atoms with Crippen LogP contribution in [0.15, 0.2) is 35.5 Å². The number of rotatable bonds is 3. The molecular weight excluding hydrogens is 350 g/mol. The van der Waals surface area contributed by atoms with Crippen molar-refractivity contribution in [1.29, 1.82) is 0 Å². The number of hydrogen-bond donors (Lipinski definition) is 1. The van der Waals surface area contributed by atoms with E-state index in [-0.39, 0.29) is 16.4 Å². The number of nitrogens with one attached hydrogen (secondary N) is 1. The summed E-state index contributed by atoms with van der Waals surface area (Å²) >= 11 is 5.90. The summed E-state index contributed by atoms with van der Waals surface area (Å²) < 4.78 is 28.9. The van der Waals surface area contributed by atoms with Gasteiger partial charge in [-0.25, -0.2) is 18.4 Å². The maximum Gasteiger partial charge on any atom is 0.261 e. The topological polar surface area (TPSA) is 83.9 Å². The molecule has 3 heterocycles. The van der Waals surface area contributed by atoms with Crippen LogP contribution in [0, 0.1) is 0 Å². The van der Waals surface area contributed by atoms with E-state index in [2.05, 4.69) is 15.0 Å². The van der Waals surface area contributed by atoms with Crippen molar-refractivity contribution in [3.63, 3.8) is 0 Å². The van der Waals surface area contributed by atoms with Crippen molar-refractivity contribution in [2.24, 2.45) is 7.05 Å². The molecule has 0 bridgehead atoms. The summed E-state index contributed by atoms with van der Waals surface area (Å²) in [5.74, 6) is 0.672. The number of para-hydroxylation sites is 2. The van der Waals surface area contributed by atoms with E-state index in [1.165, 1.54) is 15.1 Å². The number of sulfonamides is 1. The fraction of sp³-hybridized carbons (Fsp3) is 0.333. The highest BCUT2D eigenvalue weighted by atomic mass is 35.5. The summed E-state index contributed by atoms with van der Waals surface area (Å²) in [5.41, 5.74) is 1.74. The lowest BCUT2D eigenvalue weighted by Crippen LogP contribution is -2.32. The fourth-order valence-electron chi connectivity index (χ4n) is 3.16. The number of H-pyrrole nitrogens is 1. The van der Waals surface area contributed by atoms with E-state index in [0.717, 1.165) is 23.9 Å². The van der Waals surface area contributed by atoms with Crippen molar-refractivity contribution in [2.75, 3.05) is 6.54 Å². The van der Waals surface area contributed by atoms with Gasteiger partial charge < -0.3 is 9.55 Å². The number of aromatic nitrogens is 4. The van der Waals surface area contributed by atoms with Gasteiger partial charge in [-0.2, -0.15) is 4.31 Å². The Balaban J connectivity index is 1.76. The number of hydrogen-bond acceptors (Lipinski definition) is 4. The summed E-state index contributed by atoms with van der Waals surface area (Å²) in [6.07, 6.45) is 2.81. The molecule has 0 spiro atoms. The van der Waals surface area contributed by atoms with E-state index >= 15 is 0 Å². The highest BCUT2D eigenvalue weighted by Crippen LogP contribution is 2.36. The van der Waals surface area contributed by atoms with E-state index in [4.69, 9.17) is 11.6 Å². The zero-order valence-corrected chi connectivity index (χ0v) is 14.5. The number of nitrogens with zero attached hydrogens (tertiary/aromatic N) is 4. The Hall–Kier alpha value is -1.90. The average Bonchev–Trinajstić information content (AvgIpc) is 3.26. The van der Waals surface area contributed by atoms with Gasteiger partial charge in [0.2, 0.25) is 5.28 Å². The van der Waals surface area contributed by atoms with E-state index < -0.39 is 10.0 Å². The SMILES string of the molecule is Cn1c(S(=O)(=O)N2CCC[C@@H]2c2nc3ccccc3[nH]2)cnc1Cl. The number of fused-ring (bicyclic) bond motifs is 1. The molecule has 0 amide bonds. The van der Waals surface area contributed by atoms with Gasteiger partial charge in [0.25, 0.3) is 10.0 Å². The van der Waals surface area contributed by atoms with Crippen molar-refractivity contribution in [3.05, 3.63) is 41.6 Å². The Morgan fingerprint density at radius 2 is 2.12 bits per heavy atom. The molecule has 3 aromatic rings. The van der Waals surface area contributed by atoms with Crippen LogP contribution in [0.25, 0.3) is 11.0 Å². The third kappa shape index (κ3) is 2.33. The van der Waals surface area contributed by atoms with Crippen LogP contribution in [0.3, 0.4) is 0 Å². The summed E-state index contributed by atoms with van der Waals surface area (Å²) in [6, 6.07) is 7.36. The molecule has 0 unspecified atom stereocenters. The Bertz CT molecular complexity index is 977. The number of imidazole rings is 2. The molecule has 1 fully saturated rings. The molecule has 4 rings (SSSR count). The van der Waals surface area contributed by atoms with Gasteiger partial charge in [-0.15, -0.1) is 0 Å². The molecule has 7 nitrogen and oxygen atoms in total. The Kier molecular flexibility index (Phi) is 3.63. The van der Waals surface area contributed by atoms with Crippen LogP contribution in [-0.2, 0) is 17.1 Å². The maximum atomic E-state index is 13.0. The molecule has 24 heavy (non-hydrogen) atoms. The van der Waals surface area contributed by atoms with Gasteiger partial charge >= 0.3 is 0 Å². The molecule has 1 saturated heterocycles. The zero-order chi connectivity index (χ0) is 16.9. The molecular formula is C15H16ClN5O2S. The van der Waals surface area contributed by atoms with Crippen LogP contribution < -0.4 is 0 Å². The summed E-state index contributed by atoms with van der Waals surface area (Å²) in [4.78, 5) is 11.7. The predicted octanol–water partition coefficient (Wildman–Crippen LogP) is 2.48. The minimum atomic E-state index is -3.69. The monoisotopic (exact) mass is 365 g/mol. The Morgan fingerprint density at radius 1 is 1.33 bits per heavy atom. The van der Waals surface area contributed by atoms with Crippen molar-refractivity contribution in [1.82, 2.24) is 23.8 Å². The largest absolute Gasteiger partial charge is 0.341 e. The zero-order valence-electron chi connectivity index (χ0n) is 13.0. The third-order valence-electron chi connectivity index (χ3n) is 4.39. The lowest BCUT2D eigenvalue weighted by molar-refractivity contribution is 0.382. The molecule has 0 radical (unpaired) electrons. The number of aromatic amines is 1. The van der Waals surface area contributed by atoms with Crippen molar-refractivity contribution < 1.29 is 8.42 Å². The molecule has 0 saturated carbocycles. The third-order valence-corrected chi connectivity index (χ3v) is 6.70. The van der Waals surface area contributed by atoms with Crippen molar-refractivity contribution >= 4 is 32.7 Å². The molecule has 1 aliphatic heterocycles. The summed E-state index contributed by atoms with van der Waals surface area (Å²) in [7, 11) is -2.10. The highest BCUT2D eigenvalue weighted by molar-refractivity contribution is 7.89. The fourth-order valence-corrected chi connectivity index (χ4v) is 5.12. The van der Waals surface area contributed by atoms with Gasteiger partial charge in [0.05, 0.1) is 23.3 Å². The summed E-state index contributed by atoms with van der Waals surface area (Å²) in [6.45, 7) is 0.451. The standard InChI is InChI=1S/C15H16ClN5O2S/c1-20-13(9-17-15(20)16)24(22,23)21-8-4-7-12(21)14-18-10-5-2-3-6-11(10)19-14/h2-3,5-6,9,12H,4,7-8H2,1H3,(H,18,19)/t12-/m1/s1. The minimum Gasteiger partial charge on any atom is -0.341 e. The van der Waals surface area contributed by atoms with Gasteiger partial charge in [-0.1, -0.05) is 12.1 Å². The van der Waals surface area contributed by atoms with Crippen molar-refractivity contribution in [3.8, 4) is 0 Å². The molecule has 9 heteroatoms. The van der Waals surface area contributed by atoms with Gasteiger partial charge in [0.15, 0.2) is 5.03 Å². The summed E-state index contributed by atoms with van der Waals surface area (Å²) in [5, 5.41) is 0.239. The van der Waals surface area contributed by atoms with Crippen LogP contribution in [0.4, 0.5) is 0 Å². The first kappa shape index (κ1) is 15.6. The van der Waals surface area contributed by atoms with Gasteiger partial charge in [0.1, 0.15) is 5.82 Å². The smallest absolute Gasteiger partial charge is 0.261 e. The van der Waals surface area contributed by atoms with Crippen LogP contribution in [0.2, 0.25) is 5.28 Å². The van der Waals surface area contributed by atoms with Crippen LogP contribution in [-0.4, -0.2) is 38.8 Å². The van der Waals surface area contributed by atoms with E-state index in [1.54, 1.807) is 7.05 Å². The van der Waals surface area contributed by atoms with Gasteiger partial charge in [0, 0.05) is 13.6 Å². The van der Waals surface area contributed by atoms with Crippen LogP contribution >= 0.6 is 11.6 Å². The lowest BCUT2D eigenvalue weighted by atomic mass is 10.2. The Labute approximate surface area is 144 Å². The van der Waals surface area contributed by atoms with Crippen LogP contribution in [0.1, 0.15) is 24.7 Å². The number of benzene rings is 1. The first-order valence-electron chi connectivity index (χ1n) is 7.62. The number of halogens is 1. The highest BCUT2D eigenvalue weighted by Gasteiger charge is 2.39. The Morgan fingerprint density at radius 3 is 2.83 bits per heavy atom. The van der Waals surface area contributed by atoms with E-state index in [0.29, 0.717) is 12.4 Å². The predicted molar refractivity (Wildman–Crippen MR) is 90.2 cm³/mol. The molecule has 1 N–H and O–H groups in total. The first-order chi connectivity index (χ1) is 11.5. The van der Waals surface area contributed by atoms with E-state index in [9.17, 15) is 8.42 Å². The molecule has 2 aromatic heterocycles. The van der Waals surface area contributed by atoms with Gasteiger partial charge in [-0.3, -0.25) is 0 Å². The molecule has 126 valence electrons. The van der Waals surface area contributed by atoms with E-state index in [1.807, 2.05) is 24.3 Å². The molecule has 1 atom stereocenters. The minimum absolute atomic E-state index is 0.0931. The first-order valence-corrected chi connectivity index (χ1v) is 9.44. The second-order valence-corrected chi connectivity index (χ2v) is 8.01. The van der Waals surface area contributed by atoms with Crippen molar-refractivity contribution in [2.45, 2.75) is 23.9 Å². The lowest BCUT2D eigenvalue weighted by Gasteiger charge is -2.22. The molecule has 1 aromatic carbocycles. The molecule has 0 aliphatic carbocycles. The second kappa shape index (κ2) is 5.58. The van der Waals surface area contributed by atoms with Crippen LogP contribution in [0.5, 0.6) is 0 Å². The maximum absolute atomic E-state index is 13.0. The average molecular weight is 366 g/mol.